The molecule has 35 heavy (non-hydrogen) atoms. The van der Waals surface area contributed by atoms with Gasteiger partial charge in [0.2, 0.25) is 0 Å². The lowest BCUT2D eigenvalue weighted by Gasteiger charge is -2.37. The minimum absolute atomic E-state index is 0.866. The molecule has 1 unspecified atom stereocenters. The van der Waals surface area contributed by atoms with Crippen LogP contribution in [0.5, 0.6) is 0 Å². The van der Waals surface area contributed by atoms with Gasteiger partial charge in [-0.2, -0.15) is 0 Å². The highest BCUT2D eigenvalue weighted by atomic mass is 28.5. The van der Waals surface area contributed by atoms with Gasteiger partial charge in [0.1, 0.15) is 0 Å². The maximum absolute atomic E-state index is 12.0. The van der Waals surface area contributed by atoms with Crippen LogP contribution >= 0.6 is 0 Å². The van der Waals surface area contributed by atoms with Gasteiger partial charge in [0.25, 0.3) is 35.8 Å². The number of carbonyl (C=O) groups is 6. The lowest BCUT2D eigenvalue weighted by molar-refractivity contribution is -0.156. The summed E-state index contributed by atoms with van der Waals surface area (Å²) >= 11 is 0. The first-order valence-electron chi connectivity index (χ1n) is 9.90. The van der Waals surface area contributed by atoms with Crippen molar-refractivity contribution in [3.05, 3.63) is 0 Å². The van der Waals surface area contributed by atoms with Crippen LogP contribution in [0.1, 0.15) is 41.5 Å². The van der Waals surface area contributed by atoms with Crippen LogP contribution in [0, 0.1) is 0 Å². The second-order valence-electron chi connectivity index (χ2n) is 7.84. The minimum Gasteiger partial charge on any atom is -0.474 e. The smallest absolute Gasteiger partial charge is 0.474 e. The van der Waals surface area contributed by atoms with E-state index in [2.05, 4.69) is 0 Å². The Kier molecular flexibility index (Phi) is 11.6. The van der Waals surface area contributed by atoms with E-state index in [9.17, 15) is 28.8 Å². The van der Waals surface area contributed by atoms with Gasteiger partial charge < -0.3 is 34.8 Å². The molecule has 0 amide bonds. The van der Waals surface area contributed by atoms with E-state index in [1.807, 2.05) is 0 Å². The van der Waals surface area contributed by atoms with E-state index in [0.717, 1.165) is 41.5 Å². The molecular formula is C16H30O15Si4. The zero-order chi connectivity index (χ0) is 27.8. The number of carbonyl (C=O) groups excluding carboxylic acids is 6. The second-order valence-corrected chi connectivity index (χ2v) is 19.5. The fourth-order valence-electron chi connectivity index (χ4n) is 2.39. The SMILES string of the molecule is CC(=O)O[Si](C)(O[Si](C)(C)C)O[Si](OC(C)=O)(OC(C)=O)O[Si](OC(C)=O)(OC(C)=O)OC(C)=O. The van der Waals surface area contributed by atoms with Crippen LogP contribution in [0.4, 0.5) is 0 Å². The van der Waals surface area contributed by atoms with Crippen molar-refractivity contribution < 1.29 is 67.7 Å². The second kappa shape index (κ2) is 12.5. The van der Waals surface area contributed by atoms with Gasteiger partial charge in [-0.3, -0.25) is 32.9 Å². The number of hydrogen-bond donors (Lipinski definition) is 0. The Labute approximate surface area is 206 Å². The van der Waals surface area contributed by atoms with Crippen LogP contribution in [0.2, 0.25) is 26.2 Å². The first kappa shape index (κ1) is 32.6. The fraction of sp³-hybridized carbons (Fsp3) is 0.625. The van der Waals surface area contributed by atoms with Crippen LogP contribution in [-0.2, 0) is 67.7 Å². The molecule has 1 atom stereocenters. The molecule has 0 aromatic carbocycles. The summed E-state index contributed by atoms with van der Waals surface area (Å²) in [6, 6.07) is 0. The normalized spacial score (nSPS) is 13.5. The van der Waals surface area contributed by atoms with Gasteiger partial charge in [-0.25, -0.2) is 0 Å². The summed E-state index contributed by atoms with van der Waals surface area (Å²) in [6.07, 6.45) is 0. The monoisotopic (exact) mass is 574 g/mol. The van der Waals surface area contributed by atoms with Crippen molar-refractivity contribution in [2.75, 3.05) is 0 Å². The highest BCUT2D eigenvalue weighted by Gasteiger charge is 2.73. The molecule has 0 heterocycles. The Balaban J connectivity index is 7.05. The molecule has 0 aromatic rings. The zero-order valence-electron chi connectivity index (χ0n) is 21.1. The molecule has 0 rings (SSSR count). The predicted molar refractivity (Wildman–Crippen MR) is 120 cm³/mol. The molecular weight excluding hydrogens is 545 g/mol. The summed E-state index contributed by atoms with van der Waals surface area (Å²) in [5.41, 5.74) is 0. The van der Waals surface area contributed by atoms with Gasteiger partial charge >= 0.3 is 26.9 Å². The Morgan fingerprint density at radius 3 is 0.943 bits per heavy atom. The summed E-state index contributed by atoms with van der Waals surface area (Å²) in [7, 11) is -17.4. The molecule has 0 aliphatic heterocycles. The van der Waals surface area contributed by atoms with E-state index in [4.69, 9.17) is 38.9 Å². The molecule has 0 spiro atoms. The Bertz CT molecular complexity index is 798. The van der Waals surface area contributed by atoms with Gasteiger partial charge in [0.15, 0.2) is 8.32 Å². The molecule has 0 N–H and O–H groups in total. The average molecular weight is 575 g/mol. The standard InChI is InChI=1S/C16H30O15Si4/c1-11(17)23-33(10,29-32(7,8)9)30-35(27-15(5)21,28-16(6)22)31-34(24-12(2)18,25-13(3)19)26-14(4)20/h1-10H3. The van der Waals surface area contributed by atoms with E-state index >= 15 is 0 Å². The molecule has 0 aromatic heterocycles. The third-order valence-electron chi connectivity index (χ3n) is 2.72. The van der Waals surface area contributed by atoms with E-state index in [1.165, 1.54) is 6.55 Å². The Hall–Kier alpha value is -2.43. The van der Waals surface area contributed by atoms with Crippen molar-refractivity contribution in [3.8, 4) is 0 Å². The highest BCUT2D eigenvalue weighted by molar-refractivity contribution is 6.84. The topological polar surface area (TPSA) is 185 Å². The molecule has 0 bridgehead atoms. The summed E-state index contributed by atoms with van der Waals surface area (Å²) in [5.74, 6) is -6.58. The van der Waals surface area contributed by atoms with E-state index in [1.54, 1.807) is 19.6 Å². The molecule has 0 saturated carbocycles. The molecule has 0 aliphatic rings. The van der Waals surface area contributed by atoms with Crippen LogP contribution in [0.3, 0.4) is 0 Å². The summed E-state index contributed by atoms with van der Waals surface area (Å²) in [5, 5.41) is 0. The average Bonchev–Trinajstić information content (AvgIpc) is 2.45. The molecule has 0 radical (unpaired) electrons. The summed E-state index contributed by atoms with van der Waals surface area (Å²) < 4.78 is 47.3. The van der Waals surface area contributed by atoms with E-state index in [-0.39, 0.29) is 0 Å². The van der Waals surface area contributed by atoms with Crippen LogP contribution < -0.4 is 0 Å². The quantitative estimate of drug-likeness (QED) is 0.296. The van der Waals surface area contributed by atoms with Gasteiger partial charge in [0.05, 0.1) is 0 Å². The van der Waals surface area contributed by atoms with Crippen molar-refractivity contribution >= 4 is 71.0 Å². The lowest BCUT2D eigenvalue weighted by atomic mass is 10.9. The number of rotatable bonds is 12. The van der Waals surface area contributed by atoms with Gasteiger partial charge in [0, 0.05) is 48.1 Å². The van der Waals surface area contributed by atoms with Crippen molar-refractivity contribution in [2.45, 2.75) is 67.7 Å². The van der Waals surface area contributed by atoms with Crippen LogP contribution in [-0.4, -0.2) is 71.0 Å². The summed E-state index contributed by atoms with van der Waals surface area (Å²) in [6.45, 7) is 11.8. The first-order chi connectivity index (χ1) is 15.6. The van der Waals surface area contributed by atoms with Crippen molar-refractivity contribution in [3.63, 3.8) is 0 Å². The molecule has 200 valence electrons. The fourth-order valence-corrected chi connectivity index (χ4v) is 14.9. The zero-order valence-corrected chi connectivity index (χ0v) is 25.1. The van der Waals surface area contributed by atoms with Gasteiger partial charge in [-0.05, 0) is 19.6 Å². The first-order valence-corrected chi connectivity index (χ1v) is 18.8. The Morgan fingerprint density at radius 2 is 0.686 bits per heavy atom. The van der Waals surface area contributed by atoms with Gasteiger partial charge in [-0.1, -0.05) is 0 Å². The van der Waals surface area contributed by atoms with E-state index in [0.29, 0.717) is 0 Å². The van der Waals surface area contributed by atoms with Gasteiger partial charge in [-0.15, -0.1) is 0 Å². The maximum Gasteiger partial charge on any atom is 0.894 e. The third-order valence-corrected chi connectivity index (χ3v) is 14.5. The molecule has 0 aliphatic carbocycles. The van der Waals surface area contributed by atoms with Crippen LogP contribution in [0.25, 0.3) is 0 Å². The van der Waals surface area contributed by atoms with Crippen molar-refractivity contribution in [2.24, 2.45) is 0 Å². The van der Waals surface area contributed by atoms with Crippen LogP contribution in [0.15, 0.2) is 0 Å². The van der Waals surface area contributed by atoms with E-state index < -0.39 is 71.0 Å². The van der Waals surface area contributed by atoms with Crippen molar-refractivity contribution in [1.29, 1.82) is 0 Å². The predicted octanol–water partition coefficient (Wildman–Crippen LogP) is 0.690. The summed E-state index contributed by atoms with van der Waals surface area (Å²) in [4.78, 5) is 71.3. The Morgan fingerprint density at radius 1 is 0.400 bits per heavy atom. The lowest BCUT2D eigenvalue weighted by Crippen LogP contribution is -2.68. The third kappa shape index (κ3) is 13.3. The largest absolute Gasteiger partial charge is 0.894 e. The van der Waals surface area contributed by atoms with Crippen molar-refractivity contribution in [1.82, 2.24) is 0 Å². The number of hydrogen-bond acceptors (Lipinski definition) is 15. The highest BCUT2D eigenvalue weighted by Crippen LogP contribution is 2.29. The molecule has 15 nitrogen and oxygen atoms in total. The maximum atomic E-state index is 12.0. The molecule has 0 saturated heterocycles. The molecule has 19 heteroatoms. The molecule has 0 fully saturated rings. The minimum atomic E-state index is -5.35.